The van der Waals surface area contributed by atoms with Crippen LogP contribution in [0.3, 0.4) is 0 Å². The molecule has 0 saturated heterocycles. The highest BCUT2D eigenvalue weighted by atomic mass is 19.4. The molecular weight excluding hydrogens is 494 g/mol. The zero-order chi connectivity index (χ0) is 26.9. The first-order valence-corrected chi connectivity index (χ1v) is 11.5. The van der Waals surface area contributed by atoms with Gasteiger partial charge in [-0.3, -0.25) is 14.3 Å². The van der Waals surface area contributed by atoms with Gasteiger partial charge in [0.05, 0.1) is 6.61 Å². The van der Waals surface area contributed by atoms with E-state index in [1.807, 2.05) is 0 Å². The predicted octanol–water partition coefficient (Wildman–Crippen LogP) is 4.78. The standard InChI is InChI=1S/C26H23F4N3O4/c1-32(2)22(37-25(35)26(28,29)30)10-11-36-18-8-9-19-20(13-18)23(15-4-3-5-16(27)12-15)21(14-31)33(24(19)34)17-6-7-17/h3-5,8-9,12-13,17,22H,6-7,10-11H2,1-2H3. The summed E-state index contributed by atoms with van der Waals surface area (Å²) in [6.45, 7) is -0.112. The Bertz CT molecular complexity index is 1440. The average Bonchev–Trinajstić information content (AvgIpc) is 3.67. The quantitative estimate of drug-likeness (QED) is 0.243. The average molecular weight is 517 g/mol. The highest BCUT2D eigenvalue weighted by Crippen LogP contribution is 2.39. The molecule has 0 amide bonds. The lowest BCUT2D eigenvalue weighted by atomic mass is 9.96. The van der Waals surface area contributed by atoms with E-state index in [0.717, 1.165) is 12.8 Å². The Morgan fingerprint density at radius 2 is 1.92 bits per heavy atom. The summed E-state index contributed by atoms with van der Waals surface area (Å²) in [5.74, 6) is -2.53. The van der Waals surface area contributed by atoms with Crippen LogP contribution in [0.2, 0.25) is 0 Å². The van der Waals surface area contributed by atoms with Gasteiger partial charge in [-0.2, -0.15) is 18.4 Å². The first-order chi connectivity index (χ1) is 17.5. The Morgan fingerprint density at radius 3 is 2.51 bits per heavy atom. The molecule has 0 spiro atoms. The van der Waals surface area contributed by atoms with Crippen LogP contribution in [0.1, 0.15) is 31.0 Å². The van der Waals surface area contributed by atoms with Crippen LogP contribution < -0.4 is 10.3 Å². The van der Waals surface area contributed by atoms with Crippen molar-refractivity contribution in [3.05, 3.63) is 64.3 Å². The Kier molecular flexibility index (Phi) is 7.23. The molecule has 0 aliphatic heterocycles. The maximum absolute atomic E-state index is 14.1. The van der Waals surface area contributed by atoms with E-state index in [-0.39, 0.29) is 36.1 Å². The van der Waals surface area contributed by atoms with Crippen molar-refractivity contribution >= 4 is 16.7 Å². The van der Waals surface area contributed by atoms with Crippen molar-refractivity contribution in [3.8, 4) is 22.9 Å². The summed E-state index contributed by atoms with van der Waals surface area (Å²) in [7, 11) is 2.92. The zero-order valence-corrected chi connectivity index (χ0v) is 20.0. The molecule has 194 valence electrons. The Balaban J connectivity index is 1.69. The van der Waals surface area contributed by atoms with Gasteiger partial charge in [-0.05, 0) is 62.8 Å². The maximum atomic E-state index is 14.1. The molecule has 37 heavy (non-hydrogen) atoms. The van der Waals surface area contributed by atoms with E-state index in [0.29, 0.717) is 21.9 Å². The molecule has 0 radical (unpaired) electrons. The number of benzene rings is 2. The third-order valence-electron chi connectivity index (χ3n) is 6.00. The fourth-order valence-corrected chi connectivity index (χ4v) is 4.10. The molecule has 3 aromatic rings. The van der Waals surface area contributed by atoms with Gasteiger partial charge in [0, 0.05) is 28.8 Å². The summed E-state index contributed by atoms with van der Waals surface area (Å²) in [6.07, 6.45) is -4.86. The largest absolute Gasteiger partial charge is 0.493 e. The van der Waals surface area contributed by atoms with E-state index in [1.54, 1.807) is 18.2 Å². The molecule has 1 unspecified atom stereocenters. The molecule has 0 bridgehead atoms. The molecule has 0 N–H and O–H groups in total. The maximum Gasteiger partial charge on any atom is 0.490 e. The Hall–Kier alpha value is -3.91. The lowest BCUT2D eigenvalue weighted by molar-refractivity contribution is -0.212. The zero-order valence-electron chi connectivity index (χ0n) is 20.0. The van der Waals surface area contributed by atoms with E-state index in [1.165, 1.54) is 47.8 Å². The molecule has 7 nitrogen and oxygen atoms in total. The van der Waals surface area contributed by atoms with Gasteiger partial charge in [-0.15, -0.1) is 0 Å². The topological polar surface area (TPSA) is 84.6 Å². The summed E-state index contributed by atoms with van der Waals surface area (Å²) in [5, 5.41) is 10.7. The van der Waals surface area contributed by atoms with Crippen molar-refractivity contribution in [2.24, 2.45) is 0 Å². The van der Waals surface area contributed by atoms with Crippen molar-refractivity contribution in [2.45, 2.75) is 37.7 Å². The predicted molar refractivity (Wildman–Crippen MR) is 126 cm³/mol. The third kappa shape index (κ3) is 5.59. The van der Waals surface area contributed by atoms with Crippen LogP contribution in [0.15, 0.2) is 47.3 Å². The highest BCUT2D eigenvalue weighted by molar-refractivity contribution is 5.99. The van der Waals surface area contributed by atoms with Crippen LogP contribution in [-0.2, 0) is 9.53 Å². The van der Waals surface area contributed by atoms with Crippen LogP contribution in [-0.4, -0.2) is 48.5 Å². The van der Waals surface area contributed by atoms with Crippen LogP contribution in [0.4, 0.5) is 17.6 Å². The number of alkyl halides is 3. The number of halogens is 4. The van der Waals surface area contributed by atoms with Crippen molar-refractivity contribution in [1.29, 1.82) is 5.26 Å². The number of fused-ring (bicyclic) bond motifs is 1. The van der Waals surface area contributed by atoms with E-state index in [2.05, 4.69) is 10.8 Å². The molecule has 1 fully saturated rings. The number of carbonyl (C=O) groups excluding carboxylic acids is 1. The summed E-state index contributed by atoms with van der Waals surface area (Å²) < 4.78 is 63.6. The number of nitriles is 1. The van der Waals surface area contributed by atoms with E-state index >= 15 is 0 Å². The SMILES string of the molecule is CN(C)C(CCOc1ccc2c(=O)n(C3CC3)c(C#N)c(-c3cccc(F)c3)c2c1)OC(=O)C(F)(F)F. The third-order valence-corrected chi connectivity index (χ3v) is 6.00. The summed E-state index contributed by atoms with van der Waals surface area (Å²) in [5.41, 5.74) is 0.584. The van der Waals surface area contributed by atoms with E-state index in [4.69, 9.17) is 4.74 Å². The Morgan fingerprint density at radius 1 is 1.19 bits per heavy atom. The summed E-state index contributed by atoms with van der Waals surface area (Å²) in [6, 6.07) is 12.3. The van der Waals surface area contributed by atoms with Gasteiger partial charge in [-0.25, -0.2) is 9.18 Å². The van der Waals surface area contributed by atoms with Gasteiger partial charge in [0.25, 0.3) is 5.56 Å². The molecular formula is C26H23F4N3O4. The number of esters is 1. The van der Waals surface area contributed by atoms with Crippen molar-refractivity contribution in [2.75, 3.05) is 20.7 Å². The van der Waals surface area contributed by atoms with Crippen LogP contribution >= 0.6 is 0 Å². The van der Waals surface area contributed by atoms with Gasteiger partial charge in [-0.1, -0.05) is 12.1 Å². The molecule has 1 atom stereocenters. The first-order valence-electron chi connectivity index (χ1n) is 11.5. The van der Waals surface area contributed by atoms with Gasteiger partial charge < -0.3 is 9.47 Å². The van der Waals surface area contributed by atoms with Crippen LogP contribution in [0.25, 0.3) is 21.9 Å². The number of hydrogen-bond donors (Lipinski definition) is 0. The molecule has 2 aromatic carbocycles. The fourth-order valence-electron chi connectivity index (χ4n) is 4.10. The first kappa shape index (κ1) is 26.2. The monoisotopic (exact) mass is 517 g/mol. The van der Waals surface area contributed by atoms with Crippen molar-refractivity contribution < 1.29 is 31.8 Å². The number of pyridine rings is 1. The lowest BCUT2D eigenvalue weighted by Crippen LogP contribution is -2.38. The number of nitrogens with zero attached hydrogens (tertiary/aromatic N) is 3. The fraction of sp³-hybridized carbons (Fsp3) is 0.346. The van der Waals surface area contributed by atoms with Crippen LogP contribution in [0, 0.1) is 17.1 Å². The summed E-state index contributed by atoms with van der Waals surface area (Å²) in [4.78, 5) is 25.8. The van der Waals surface area contributed by atoms with Gasteiger partial charge >= 0.3 is 12.1 Å². The molecule has 1 aromatic heterocycles. The van der Waals surface area contributed by atoms with Crippen molar-refractivity contribution in [1.82, 2.24) is 9.47 Å². The minimum Gasteiger partial charge on any atom is -0.493 e. The highest BCUT2D eigenvalue weighted by Gasteiger charge is 2.42. The second-order valence-corrected chi connectivity index (χ2v) is 8.92. The Labute approximate surface area is 209 Å². The molecule has 1 heterocycles. The second kappa shape index (κ2) is 10.2. The normalized spacial score (nSPS) is 14.4. The minimum absolute atomic E-state index is 0.0731. The lowest BCUT2D eigenvalue weighted by Gasteiger charge is -2.24. The number of aromatic nitrogens is 1. The molecule has 4 rings (SSSR count). The molecule has 1 aliphatic carbocycles. The number of rotatable bonds is 8. The number of ether oxygens (including phenoxy) is 2. The number of carbonyl (C=O) groups is 1. The minimum atomic E-state index is -5.12. The van der Waals surface area contributed by atoms with E-state index in [9.17, 15) is 32.4 Å². The molecule has 11 heteroatoms. The number of hydrogen-bond acceptors (Lipinski definition) is 6. The van der Waals surface area contributed by atoms with Crippen LogP contribution in [0.5, 0.6) is 5.75 Å². The van der Waals surface area contributed by atoms with Crippen molar-refractivity contribution in [3.63, 3.8) is 0 Å². The second-order valence-electron chi connectivity index (χ2n) is 8.92. The smallest absolute Gasteiger partial charge is 0.490 e. The van der Waals surface area contributed by atoms with Gasteiger partial charge in [0.1, 0.15) is 23.3 Å². The molecule has 1 aliphatic rings. The van der Waals surface area contributed by atoms with E-state index < -0.39 is 24.2 Å². The van der Waals surface area contributed by atoms with Gasteiger partial charge in [0.15, 0.2) is 6.23 Å². The van der Waals surface area contributed by atoms with Gasteiger partial charge in [0.2, 0.25) is 0 Å². The summed E-state index contributed by atoms with van der Waals surface area (Å²) >= 11 is 0. The molecule has 1 saturated carbocycles.